The van der Waals surface area contributed by atoms with Gasteiger partial charge in [0.15, 0.2) is 6.29 Å². The van der Waals surface area contributed by atoms with E-state index in [-0.39, 0.29) is 13.2 Å². The molecule has 0 aliphatic carbocycles. The van der Waals surface area contributed by atoms with Gasteiger partial charge in [-0.2, -0.15) is 0 Å². The number of aliphatic hydroxyl groups is 3. The van der Waals surface area contributed by atoms with Crippen LogP contribution in [0.3, 0.4) is 0 Å². The van der Waals surface area contributed by atoms with Gasteiger partial charge < -0.3 is 24.8 Å². The van der Waals surface area contributed by atoms with Gasteiger partial charge in [-0.05, 0) is 24.3 Å². The van der Waals surface area contributed by atoms with Gasteiger partial charge in [0, 0.05) is 32.0 Å². The normalized spacial score (nSPS) is 25.6. The molecule has 2 aromatic rings. The van der Waals surface area contributed by atoms with Crippen molar-refractivity contribution in [1.82, 2.24) is 14.9 Å². The third kappa shape index (κ3) is 5.77. The largest absolute Gasteiger partial charge is 0.388 e. The van der Waals surface area contributed by atoms with Crippen molar-refractivity contribution in [3.63, 3.8) is 0 Å². The van der Waals surface area contributed by atoms with Crippen LogP contribution in [0.4, 0.5) is 0 Å². The molecule has 0 radical (unpaired) electrons. The average molecular weight is 375 g/mol. The first-order valence-electron chi connectivity index (χ1n) is 8.93. The first kappa shape index (κ1) is 19.8. The minimum atomic E-state index is -1.28. The fourth-order valence-corrected chi connectivity index (χ4v) is 2.88. The summed E-state index contributed by atoms with van der Waals surface area (Å²) in [5.74, 6) is 0. The molecule has 0 aromatic carbocycles. The maximum absolute atomic E-state index is 9.95. The number of hydrogen-bond acceptors (Lipinski definition) is 8. The molecular formula is C19H25N3O5. The molecule has 1 aliphatic rings. The van der Waals surface area contributed by atoms with E-state index in [0.29, 0.717) is 19.6 Å². The lowest BCUT2D eigenvalue weighted by Gasteiger charge is -2.35. The zero-order valence-electron chi connectivity index (χ0n) is 15.0. The summed E-state index contributed by atoms with van der Waals surface area (Å²) in [5, 5.41) is 29.2. The lowest BCUT2D eigenvalue weighted by Crippen LogP contribution is -2.54. The Morgan fingerprint density at radius 3 is 2.15 bits per heavy atom. The van der Waals surface area contributed by atoms with Crippen molar-refractivity contribution in [2.45, 2.75) is 37.7 Å². The van der Waals surface area contributed by atoms with Crippen molar-refractivity contribution >= 4 is 0 Å². The van der Waals surface area contributed by atoms with E-state index in [9.17, 15) is 15.3 Å². The maximum Gasteiger partial charge on any atom is 0.186 e. The average Bonchev–Trinajstić information content (AvgIpc) is 2.69. The number of ether oxygens (including phenoxy) is 2. The van der Waals surface area contributed by atoms with E-state index in [1.54, 1.807) is 12.4 Å². The molecular weight excluding hydrogens is 350 g/mol. The van der Waals surface area contributed by atoms with Crippen LogP contribution in [-0.2, 0) is 22.6 Å². The summed E-state index contributed by atoms with van der Waals surface area (Å²) in [6.07, 6.45) is -1.12. The Hall–Kier alpha value is -1.94. The van der Waals surface area contributed by atoms with E-state index >= 15 is 0 Å². The van der Waals surface area contributed by atoms with Gasteiger partial charge in [0.25, 0.3) is 0 Å². The van der Waals surface area contributed by atoms with Crippen molar-refractivity contribution in [2.75, 3.05) is 19.8 Å². The highest BCUT2D eigenvalue weighted by atomic mass is 16.7. The van der Waals surface area contributed by atoms with Crippen LogP contribution in [0.1, 0.15) is 11.4 Å². The molecule has 0 amide bonds. The van der Waals surface area contributed by atoms with Crippen LogP contribution in [0.25, 0.3) is 0 Å². The van der Waals surface area contributed by atoms with Crippen LogP contribution < -0.4 is 0 Å². The van der Waals surface area contributed by atoms with Crippen LogP contribution in [0, 0.1) is 0 Å². The zero-order valence-corrected chi connectivity index (χ0v) is 15.0. The molecule has 0 bridgehead atoms. The Labute approximate surface area is 158 Å². The first-order chi connectivity index (χ1) is 13.1. The third-order valence-corrected chi connectivity index (χ3v) is 4.37. The molecule has 3 heterocycles. The summed E-state index contributed by atoms with van der Waals surface area (Å²) in [4.78, 5) is 10.9. The second-order valence-electron chi connectivity index (χ2n) is 6.47. The van der Waals surface area contributed by atoms with Gasteiger partial charge in [0.05, 0.1) is 24.6 Å². The molecule has 3 N–H and O–H groups in total. The van der Waals surface area contributed by atoms with Gasteiger partial charge in [-0.3, -0.25) is 14.9 Å². The first-order valence-corrected chi connectivity index (χ1v) is 8.93. The van der Waals surface area contributed by atoms with E-state index in [0.717, 1.165) is 11.4 Å². The number of aromatic nitrogens is 2. The molecule has 8 heteroatoms. The summed E-state index contributed by atoms with van der Waals surface area (Å²) >= 11 is 0. The number of aliphatic hydroxyl groups excluding tert-OH is 3. The lowest BCUT2D eigenvalue weighted by molar-refractivity contribution is -0.270. The Kier molecular flexibility index (Phi) is 7.22. The van der Waals surface area contributed by atoms with Gasteiger partial charge in [0.2, 0.25) is 0 Å². The third-order valence-electron chi connectivity index (χ3n) is 4.37. The Morgan fingerprint density at radius 2 is 1.59 bits per heavy atom. The Bertz CT molecular complexity index is 634. The molecule has 1 saturated heterocycles. The smallest absolute Gasteiger partial charge is 0.186 e. The molecule has 3 rings (SSSR count). The number of nitrogens with zero attached hydrogens (tertiary/aromatic N) is 3. The maximum atomic E-state index is 9.95. The van der Waals surface area contributed by atoms with Gasteiger partial charge in [-0.1, -0.05) is 12.1 Å². The SMILES string of the molecule is O[C@@H]1[C@@H](O)[C@@H](OCCN(Cc2ccccn2)Cc2ccccn2)OC[C@H]1O. The van der Waals surface area contributed by atoms with E-state index < -0.39 is 24.6 Å². The topological polar surface area (TPSA) is 108 Å². The molecule has 0 spiro atoms. The molecule has 4 atom stereocenters. The zero-order chi connectivity index (χ0) is 19.1. The summed E-state index contributed by atoms with van der Waals surface area (Å²) in [5.41, 5.74) is 1.86. The van der Waals surface area contributed by atoms with Crippen LogP contribution >= 0.6 is 0 Å². The quantitative estimate of drug-likeness (QED) is 0.589. The van der Waals surface area contributed by atoms with E-state index in [1.165, 1.54) is 0 Å². The predicted molar refractivity (Wildman–Crippen MR) is 96.3 cm³/mol. The van der Waals surface area contributed by atoms with Crippen molar-refractivity contribution in [3.05, 3.63) is 60.2 Å². The Balaban J connectivity index is 1.56. The van der Waals surface area contributed by atoms with E-state index in [2.05, 4.69) is 14.9 Å². The molecule has 27 heavy (non-hydrogen) atoms. The number of pyridine rings is 2. The molecule has 0 unspecified atom stereocenters. The Morgan fingerprint density at radius 1 is 0.963 bits per heavy atom. The van der Waals surface area contributed by atoms with E-state index in [4.69, 9.17) is 9.47 Å². The fourth-order valence-electron chi connectivity index (χ4n) is 2.88. The summed E-state index contributed by atoms with van der Waals surface area (Å²) in [7, 11) is 0. The molecule has 1 fully saturated rings. The highest BCUT2D eigenvalue weighted by Crippen LogP contribution is 2.16. The van der Waals surface area contributed by atoms with Crippen molar-refractivity contribution in [1.29, 1.82) is 0 Å². The summed E-state index contributed by atoms with van der Waals surface area (Å²) in [6.45, 7) is 2.00. The second kappa shape index (κ2) is 9.84. The molecule has 146 valence electrons. The standard InChI is InChI=1S/C19H25N3O5/c23-16-13-27-19(18(25)17(16)24)26-10-9-22(11-14-5-1-3-7-20-14)12-15-6-2-4-8-21-15/h1-8,16-19,23-25H,9-13H2/t16-,17+,18-,19+/m1/s1. The van der Waals surface area contributed by atoms with Gasteiger partial charge >= 0.3 is 0 Å². The van der Waals surface area contributed by atoms with Crippen LogP contribution in [-0.4, -0.2) is 74.5 Å². The second-order valence-corrected chi connectivity index (χ2v) is 6.47. The monoisotopic (exact) mass is 375 g/mol. The highest BCUT2D eigenvalue weighted by molar-refractivity contribution is 5.06. The van der Waals surface area contributed by atoms with E-state index in [1.807, 2.05) is 36.4 Å². The van der Waals surface area contributed by atoms with Gasteiger partial charge in [-0.15, -0.1) is 0 Å². The van der Waals surface area contributed by atoms with Crippen molar-refractivity contribution in [3.8, 4) is 0 Å². The van der Waals surface area contributed by atoms with Gasteiger partial charge in [0.1, 0.15) is 18.3 Å². The van der Waals surface area contributed by atoms with Crippen molar-refractivity contribution in [2.24, 2.45) is 0 Å². The molecule has 2 aromatic heterocycles. The lowest BCUT2D eigenvalue weighted by atomic mass is 10.1. The summed E-state index contributed by atoms with van der Waals surface area (Å²) in [6, 6.07) is 11.5. The molecule has 8 nitrogen and oxygen atoms in total. The molecule has 1 aliphatic heterocycles. The van der Waals surface area contributed by atoms with Crippen LogP contribution in [0.5, 0.6) is 0 Å². The minimum Gasteiger partial charge on any atom is -0.388 e. The number of hydrogen-bond donors (Lipinski definition) is 3. The summed E-state index contributed by atoms with van der Waals surface area (Å²) < 4.78 is 10.9. The highest BCUT2D eigenvalue weighted by Gasteiger charge is 2.38. The van der Waals surface area contributed by atoms with Crippen LogP contribution in [0.15, 0.2) is 48.8 Å². The van der Waals surface area contributed by atoms with Crippen LogP contribution in [0.2, 0.25) is 0 Å². The fraction of sp³-hybridized carbons (Fsp3) is 0.474. The minimum absolute atomic E-state index is 0.0749. The molecule has 0 saturated carbocycles. The predicted octanol–water partition coefficient (Wildman–Crippen LogP) is -0.0656. The number of rotatable bonds is 8. The van der Waals surface area contributed by atoms with Crippen molar-refractivity contribution < 1.29 is 24.8 Å². The van der Waals surface area contributed by atoms with Gasteiger partial charge in [-0.25, -0.2) is 0 Å².